The summed E-state index contributed by atoms with van der Waals surface area (Å²) in [6, 6.07) is 3.11. The first kappa shape index (κ1) is 42.9. The van der Waals surface area contributed by atoms with E-state index in [9.17, 15) is 41.9 Å². The van der Waals surface area contributed by atoms with Gasteiger partial charge in [-0.2, -0.15) is 18.2 Å². The molecule has 0 spiro atoms. The lowest BCUT2D eigenvalue weighted by molar-refractivity contribution is -0.210. The summed E-state index contributed by atoms with van der Waals surface area (Å²) >= 11 is 0. The number of rotatable bonds is 18. The molecular weight excluding hydrogens is 723 g/mol. The Kier molecular flexibility index (Phi) is 15.1. The summed E-state index contributed by atoms with van der Waals surface area (Å²) in [5.74, 6) is -6.39. The smallest absolute Gasteiger partial charge is 0.467 e. The van der Waals surface area contributed by atoms with E-state index >= 15 is 0 Å². The molecule has 54 heavy (non-hydrogen) atoms. The Morgan fingerprint density at radius 3 is 2.30 bits per heavy atom. The van der Waals surface area contributed by atoms with Crippen molar-refractivity contribution in [3.8, 4) is 0 Å². The predicted octanol–water partition coefficient (Wildman–Crippen LogP) is 1.30. The van der Waals surface area contributed by atoms with Crippen molar-refractivity contribution < 1.29 is 51.4 Å². The quantitative estimate of drug-likeness (QED) is 0.0697. The maximum atomic E-state index is 13.7. The molecule has 0 radical (unpaired) electrons. The van der Waals surface area contributed by atoms with E-state index in [1.165, 1.54) is 0 Å². The Hall–Kier alpha value is -5.54. The summed E-state index contributed by atoms with van der Waals surface area (Å²) in [4.78, 5) is 89.7. The topological polar surface area (TPSA) is 250 Å². The number of alkyl halides is 3. The van der Waals surface area contributed by atoms with Crippen molar-refractivity contribution >= 4 is 52.4 Å². The highest BCUT2D eigenvalue weighted by atomic mass is 19.4. The molecule has 0 aliphatic carbocycles. The maximum absolute atomic E-state index is 13.7. The molecule has 1 atom stereocenters. The summed E-state index contributed by atoms with van der Waals surface area (Å²) in [6.45, 7) is 6.68. The molecule has 0 aliphatic rings. The van der Waals surface area contributed by atoms with Gasteiger partial charge >= 0.3 is 18.1 Å². The molecular formula is C33H42F3N9O9. The van der Waals surface area contributed by atoms with Gasteiger partial charge in [0.25, 0.3) is 11.5 Å². The second-order valence-electron chi connectivity index (χ2n) is 12.4. The zero-order valence-electron chi connectivity index (χ0n) is 30.2. The van der Waals surface area contributed by atoms with Crippen molar-refractivity contribution in [3.63, 3.8) is 0 Å². The van der Waals surface area contributed by atoms with Gasteiger partial charge in [0.15, 0.2) is 17.0 Å². The number of nitrogens with two attached hydrogens (primary N) is 1. The largest absolute Gasteiger partial charge is 0.471 e. The second kappa shape index (κ2) is 19.0. The number of hydrogen-bond acceptors (Lipinski definition) is 13. The minimum absolute atomic E-state index is 0.100. The van der Waals surface area contributed by atoms with Crippen LogP contribution in [0.15, 0.2) is 35.3 Å². The van der Waals surface area contributed by atoms with Crippen LogP contribution >= 0.6 is 0 Å². The molecule has 1 aromatic carbocycles. The van der Waals surface area contributed by atoms with Crippen LogP contribution in [0.25, 0.3) is 11.2 Å². The number of fused-ring (bicyclic) bond motifs is 1. The molecule has 0 fully saturated rings. The number of anilines is 2. The molecule has 3 aromatic rings. The van der Waals surface area contributed by atoms with Gasteiger partial charge in [0.2, 0.25) is 17.8 Å². The van der Waals surface area contributed by atoms with Crippen LogP contribution in [0.2, 0.25) is 0 Å². The number of carbonyl (C=O) groups is 5. The highest BCUT2D eigenvalue weighted by Crippen LogP contribution is 2.26. The van der Waals surface area contributed by atoms with Crippen molar-refractivity contribution in [1.82, 2.24) is 30.6 Å². The number of ether oxygens (including phenoxy) is 3. The first-order valence-corrected chi connectivity index (χ1v) is 16.5. The van der Waals surface area contributed by atoms with Crippen LogP contribution in [0.1, 0.15) is 56.6 Å². The maximum Gasteiger partial charge on any atom is 0.471 e. The number of H-pyrrole nitrogens is 1. The van der Waals surface area contributed by atoms with Gasteiger partial charge in [0.1, 0.15) is 6.04 Å². The Morgan fingerprint density at radius 1 is 1.02 bits per heavy atom. The average molecular weight is 766 g/mol. The number of benzene rings is 1. The highest BCUT2D eigenvalue weighted by molar-refractivity contribution is 5.99. The molecule has 2 aromatic heterocycles. The van der Waals surface area contributed by atoms with E-state index in [0.29, 0.717) is 11.4 Å². The third-order valence-corrected chi connectivity index (χ3v) is 7.38. The van der Waals surface area contributed by atoms with Gasteiger partial charge in [0.05, 0.1) is 38.8 Å². The summed E-state index contributed by atoms with van der Waals surface area (Å²) < 4.78 is 56.8. The lowest BCUT2D eigenvalue weighted by Crippen LogP contribution is -2.42. The van der Waals surface area contributed by atoms with Crippen molar-refractivity contribution in [2.75, 3.05) is 43.6 Å². The number of halogens is 3. The van der Waals surface area contributed by atoms with Crippen LogP contribution in [0.3, 0.4) is 0 Å². The Balaban J connectivity index is 1.71. The van der Waals surface area contributed by atoms with E-state index in [0.717, 1.165) is 37.6 Å². The molecule has 21 heteroatoms. The van der Waals surface area contributed by atoms with E-state index in [4.69, 9.17) is 19.9 Å². The summed E-state index contributed by atoms with van der Waals surface area (Å²) in [7, 11) is 1.09. The van der Waals surface area contributed by atoms with Crippen LogP contribution in [-0.2, 0) is 39.9 Å². The molecule has 6 N–H and O–H groups in total. The van der Waals surface area contributed by atoms with Gasteiger partial charge < -0.3 is 30.6 Å². The molecule has 3 rings (SSSR count). The van der Waals surface area contributed by atoms with Crippen LogP contribution < -0.4 is 32.1 Å². The molecule has 0 saturated carbocycles. The van der Waals surface area contributed by atoms with Gasteiger partial charge in [0, 0.05) is 36.7 Å². The van der Waals surface area contributed by atoms with Crippen LogP contribution in [0, 0.1) is 5.92 Å². The van der Waals surface area contributed by atoms with E-state index in [1.54, 1.807) is 27.7 Å². The Labute approximate surface area is 306 Å². The van der Waals surface area contributed by atoms with Gasteiger partial charge in [-0.05, 0) is 44.5 Å². The van der Waals surface area contributed by atoms with Crippen LogP contribution in [0.4, 0.5) is 24.8 Å². The fourth-order valence-electron chi connectivity index (χ4n) is 4.57. The third kappa shape index (κ3) is 12.6. The normalized spacial score (nSPS) is 12.3. The van der Waals surface area contributed by atoms with Gasteiger partial charge in [-0.3, -0.25) is 39.2 Å². The fourth-order valence-corrected chi connectivity index (χ4v) is 4.57. The molecule has 0 aliphatic heterocycles. The molecule has 4 amide bonds. The number of methoxy groups -OCH3 is 1. The number of esters is 1. The molecule has 294 valence electrons. The molecule has 2 heterocycles. The number of aromatic amines is 1. The van der Waals surface area contributed by atoms with E-state index in [-0.39, 0.29) is 66.7 Å². The van der Waals surface area contributed by atoms with Crippen molar-refractivity contribution in [2.24, 2.45) is 11.7 Å². The third-order valence-electron chi connectivity index (χ3n) is 7.38. The van der Waals surface area contributed by atoms with E-state index in [1.807, 2.05) is 0 Å². The predicted molar refractivity (Wildman–Crippen MR) is 186 cm³/mol. The van der Waals surface area contributed by atoms with Crippen LogP contribution in [-0.4, -0.2) is 101 Å². The second-order valence-corrected chi connectivity index (χ2v) is 12.4. The zero-order chi connectivity index (χ0) is 40.2. The van der Waals surface area contributed by atoms with Crippen molar-refractivity contribution in [1.29, 1.82) is 0 Å². The zero-order valence-corrected chi connectivity index (χ0v) is 30.2. The molecule has 18 nitrogen and oxygen atoms in total. The van der Waals surface area contributed by atoms with E-state index < -0.39 is 65.6 Å². The van der Waals surface area contributed by atoms with Crippen LogP contribution in [0.5, 0.6) is 0 Å². The minimum Gasteiger partial charge on any atom is -0.467 e. The van der Waals surface area contributed by atoms with Gasteiger partial charge in [-0.1, -0.05) is 13.8 Å². The molecule has 0 saturated heterocycles. The van der Waals surface area contributed by atoms with Gasteiger partial charge in [-0.15, -0.1) is 0 Å². The number of nitrogens with zero attached hydrogens (tertiary/aromatic N) is 4. The number of carbonyl (C=O) groups excluding carboxylic acids is 5. The highest BCUT2D eigenvalue weighted by Gasteiger charge is 2.43. The Bertz CT molecular complexity index is 1870. The number of nitrogens with one attached hydrogen (secondary N) is 4. The summed E-state index contributed by atoms with van der Waals surface area (Å²) in [5.41, 5.74) is 3.38. The summed E-state index contributed by atoms with van der Waals surface area (Å²) in [5, 5.41) is 7.46. The van der Waals surface area contributed by atoms with Crippen molar-refractivity contribution in [2.45, 2.75) is 65.1 Å². The molecule has 0 unspecified atom stereocenters. The fraction of sp³-hybridized carbons (Fsp3) is 0.485. The number of aromatic nitrogens is 4. The van der Waals surface area contributed by atoms with Gasteiger partial charge in [-0.25, -0.2) is 14.8 Å². The average Bonchev–Trinajstić information content (AvgIpc) is 3.12. The number of hydrogen-bond donors (Lipinski definition) is 5. The standard InChI is InChI=1S/C33H42F3N9O9/c1-18(2)26(47)43-31-42-25-24(28(49)44-31)40-20(16-39-25)17-45(30(51)33(34,35)36)21-8-6-19(7-9-21)27(48)41-22(29(50)52-5)10-11-23(46)38-13-15-54-32(3,4)53-14-12-37/h6-9,16,18,22H,10-15,17,37H2,1-5H3,(H,38,46)(H,41,48)(H2,39,42,43,44,47,49)/t22-/m0/s1. The lowest BCUT2D eigenvalue weighted by Gasteiger charge is -2.25. The Morgan fingerprint density at radius 2 is 1.69 bits per heavy atom. The monoisotopic (exact) mass is 765 g/mol. The first-order valence-electron chi connectivity index (χ1n) is 16.5. The van der Waals surface area contributed by atoms with E-state index in [2.05, 4.69) is 35.9 Å². The SMILES string of the molecule is COC(=O)[C@H](CCC(=O)NCCOC(C)(C)OCCN)NC(=O)c1ccc(N(Cc2cnc3nc(NC(=O)C(C)C)[nH]c(=O)c3n2)C(=O)C(F)(F)F)cc1. The number of amides is 4. The summed E-state index contributed by atoms with van der Waals surface area (Å²) in [6.07, 6.45) is -4.65. The minimum atomic E-state index is -5.33. The van der Waals surface area contributed by atoms with Crippen molar-refractivity contribution in [3.05, 3.63) is 52.1 Å². The first-order chi connectivity index (χ1) is 25.3. The lowest BCUT2D eigenvalue weighted by atomic mass is 10.1. The molecule has 0 bridgehead atoms.